The van der Waals surface area contributed by atoms with E-state index in [2.05, 4.69) is 10.4 Å². The van der Waals surface area contributed by atoms with E-state index in [9.17, 15) is 14.0 Å². The molecular formula is C16H15ClFN3O3. The smallest absolute Gasteiger partial charge is 0.267 e. The van der Waals surface area contributed by atoms with Gasteiger partial charge in [-0.1, -0.05) is 11.6 Å². The van der Waals surface area contributed by atoms with Gasteiger partial charge in [0.2, 0.25) is 5.91 Å². The van der Waals surface area contributed by atoms with Gasteiger partial charge in [0.25, 0.3) is 5.56 Å². The second-order valence-corrected chi connectivity index (χ2v) is 5.99. The monoisotopic (exact) mass is 351 g/mol. The second kappa shape index (κ2) is 6.33. The highest BCUT2D eigenvalue weighted by atomic mass is 35.5. The van der Waals surface area contributed by atoms with E-state index in [1.807, 2.05) is 6.92 Å². The largest absolute Gasteiger partial charge is 0.367 e. The van der Waals surface area contributed by atoms with Crippen molar-refractivity contribution in [3.63, 3.8) is 0 Å². The number of carbonyl (C=O) groups is 1. The molecule has 2 heterocycles. The van der Waals surface area contributed by atoms with Crippen molar-refractivity contribution in [1.29, 1.82) is 0 Å². The van der Waals surface area contributed by atoms with Crippen molar-refractivity contribution in [1.82, 2.24) is 9.78 Å². The van der Waals surface area contributed by atoms with Gasteiger partial charge in [0.05, 0.1) is 23.4 Å². The minimum absolute atomic E-state index is 0.0979. The first-order valence-corrected chi connectivity index (χ1v) is 7.74. The molecule has 0 aliphatic carbocycles. The summed E-state index contributed by atoms with van der Waals surface area (Å²) < 4.78 is 19.7. The maximum absolute atomic E-state index is 13.2. The average molecular weight is 352 g/mol. The number of halogens is 2. The Morgan fingerprint density at radius 2 is 2.25 bits per heavy atom. The third-order valence-corrected chi connectivity index (χ3v) is 4.16. The molecule has 0 unspecified atom stereocenters. The number of ether oxygens (including phenoxy) is 1. The van der Waals surface area contributed by atoms with Crippen LogP contribution in [-0.4, -0.2) is 15.7 Å². The van der Waals surface area contributed by atoms with Crippen LogP contribution < -0.4 is 10.9 Å². The van der Waals surface area contributed by atoms with Crippen LogP contribution in [0.25, 0.3) is 0 Å². The number of amides is 1. The van der Waals surface area contributed by atoms with Crippen molar-refractivity contribution in [2.45, 2.75) is 32.6 Å². The third kappa shape index (κ3) is 3.05. The summed E-state index contributed by atoms with van der Waals surface area (Å²) in [5, 5.41) is 6.76. The fraction of sp³-hybridized carbons (Fsp3) is 0.312. The maximum atomic E-state index is 13.2. The number of nitrogens with one attached hydrogen (secondary N) is 1. The number of hydrogen-bond donors (Lipinski definition) is 1. The van der Waals surface area contributed by atoms with Gasteiger partial charge in [-0.3, -0.25) is 9.59 Å². The molecule has 2 atom stereocenters. The lowest BCUT2D eigenvalue weighted by atomic mass is 10.2. The lowest BCUT2D eigenvalue weighted by Gasteiger charge is -2.15. The second-order valence-electron chi connectivity index (χ2n) is 5.58. The molecule has 1 aliphatic heterocycles. The van der Waals surface area contributed by atoms with Crippen LogP contribution in [0, 0.1) is 5.82 Å². The quantitative estimate of drug-likeness (QED) is 0.922. The lowest BCUT2D eigenvalue weighted by Crippen LogP contribution is -2.34. The molecule has 24 heavy (non-hydrogen) atoms. The first-order valence-electron chi connectivity index (χ1n) is 7.37. The minimum atomic E-state index is -0.848. The van der Waals surface area contributed by atoms with E-state index >= 15 is 0 Å². The third-order valence-electron chi connectivity index (χ3n) is 3.88. The van der Waals surface area contributed by atoms with Crippen molar-refractivity contribution in [2.24, 2.45) is 0 Å². The molecule has 126 valence electrons. The zero-order valence-corrected chi connectivity index (χ0v) is 13.8. The number of aromatic nitrogens is 2. The van der Waals surface area contributed by atoms with Crippen LogP contribution in [0.3, 0.4) is 0 Å². The number of benzene rings is 1. The topological polar surface area (TPSA) is 73.2 Å². The van der Waals surface area contributed by atoms with Crippen molar-refractivity contribution >= 4 is 23.2 Å². The van der Waals surface area contributed by atoms with Crippen LogP contribution in [0.2, 0.25) is 5.02 Å². The summed E-state index contributed by atoms with van der Waals surface area (Å²) in [6, 6.07) is 4.43. The molecule has 1 amide bonds. The molecule has 1 N–H and O–H groups in total. The van der Waals surface area contributed by atoms with Gasteiger partial charge in [0.1, 0.15) is 11.9 Å². The summed E-state index contributed by atoms with van der Waals surface area (Å²) in [7, 11) is 0. The predicted molar refractivity (Wildman–Crippen MR) is 86.5 cm³/mol. The Balaban J connectivity index is 1.84. The number of rotatable bonds is 3. The SMILES string of the molecule is C[C@@H]1OCc2cc(=O)n([C@@H](C)C(=O)Nc3ccc(F)c(Cl)c3)nc21. The molecule has 8 heteroatoms. The predicted octanol–water partition coefficient (Wildman–Crippen LogP) is 2.83. The molecule has 0 saturated carbocycles. The highest BCUT2D eigenvalue weighted by molar-refractivity contribution is 6.31. The number of fused-ring (bicyclic) bond motifs is 1. The molecule has 2 aromatic rings. The van der Waals surface area contributed by atoms with Gasteiger partial charge >= 0.3 is 0 Å². The van der Waals surface area contributed by atoms with Crippen LogP contribution >= 0.6 is 11.6 Å². The highest BCUT2D eigenvalue weighted by Gasteiger charge is 2.25. The van der Waals surface area contributed by atoms with Crippen molar-refractivity contribution in [3.05, 3.63) is 56.7 Å². The Kier molecular flexibility index (Phi) is 4.38. The fourth-order valence-corrected chi connectivity index (χ4v) is 2.66. The van der Waals surface area contributed by atoms with Crippen LogP contribution in [0.15, 0.2) is 29.1 Å². The fourth-order valence-electron chi connectivity index (χ4n) is 2.48. The summed E-state index contributed by atoms with van der Waals surface area (Å²) in [4.78, 5) is 24.5. The van der Waals surface area contributed by atoms with Gasteiger partial charge in [0, 0.05) is 17.3 Å². The Labute approximate surface area is 142 Å². The van der Waals surface area contributed by atoms with E-state index in [1.165, 1.54) is 18.2 Å². The van der Waals surface area contributed by atoms with E-state index in [-0.39, 0.29) is 16.7 Å². The van der Waals surface area contributed by atoms with E-state index in [4.69, 9.17) is 16.3 Å². The van der Waals surface area contributed by atoms with Crippen LogP contribution in [-0.2, 0) is 16.1 Å². The first kappa shape index (κ1) is 16.6. The van der Waals surface area contributed by atoms with Crippen LogP contribution in [0.4, 0.5) is 10.1 Å². The Morgan fingerprint density at radius 3 is 2.96 bits per heavy atom. The number of anilines is 1. The number of hydrogen-bond acceptors (Lipinski definition) is 4. The van der Waals surface area contributed by atoms with Gasteiger partial charge in [-0.25, -0.2) is 9.07 Å². The average Bonchev–Trinajstić information content (AvgIpc) is 2.89. The van der Waals surface area contributed by atoms with Crippen molar-refractivity contribution in [3.8, 4) is 0 Å². The Bertz CT molecular complexity index is 868. The van der Waals surface area contributed by atoms with Crippen molar-refractivity contribution < 1.29 is 13.9 Å². The normalized spacial score (nSPS) is 17.4. The van der Waals surface area contributed by atoms with Gasteiger partial charge in [-0.2, -0.15) is 5.10 Å². The molecule has 6 nitrogen and oxygen atoms in total. The molecular weight excluding hydrogens is 337 g/mol. The molecule has 1 aromatic heterocycles. The Hall–Kier alpha value is -2.25. The summed E-state index contributed by atoms with van der Waals surface area (Å²) in [5.41, 5.74) is 1.34. The molecule has 3 rings (SSSR count). The summed E-state index contributed by atoms with van der Waals surface area (Å²) in [5.74, 6) is -1.04. The molecule has 0 fully saturated rings. The first-order chi connectivity index (χ1) is 11.4. The van der Waals surface area contributed by atoms with Gasteiger partial charge in [-0.15, -0.1) is 0 Å². The summed E-state index contributed by atoms with van der Waals surface area (Å²) in [6.07, 6.45) is -0.224. The molecule has 0 bridgehead atoms. The molecule has 1 aliphatic rings. The zero-order valence-electron chi connectivity index (χ0n) is 13.0. The Morgan fingerprint density at radius 1 is 1.50 bits per heavy atom. The number of carbonyl (C=O) groups excluding carboxylic acids is 1. The lowest BCUT2D eigenvalue weighted by molar-refractivity contribution is -0.119. The van der Waals surface area contributed by atoms with E-state index in [0.717, 1.165) is 16.3 Å². The van der Waals surface area contributed by atoms with E-state index in [0.29, 0.717) is 18.0 Å². The van der Waals surface area contributed by atoms with E-state index in [1.54, 1.807) is 6.92 Å². The van der Waals surface area contributed by atoms with Crippen molar-refractivity contribution in [2.75, 3.05) is 5.32 Å². The van der Waals surface area contributed by atoms with Gasteiger partial charge in [0.15, 0.2) is 0 Å². The number of nitrogens with zero attached hydrogens (tertiary/aromatic N) is 2. The summed E-state index contributed by atoms with van der Waals surface area (Å²) >= 11 is 5.69. The highest BCUT2D eigenvalue weighted by Crippen LogP contribution is 2.27. The summed E-state index contributed by atoms with van der Waals surface area (Å²) in [6.45, 7) is 3.73. The van der Waals surface area contributed by atoms with Crippen LogP contribution in [0.5, 0.6) is 0 Å². The van der Waals surface area contributed by atoms with Gasteiger partial charge < -0.3 is 10.1 Å². The standard InChI is InChI=1S/C16H15ClFN3O3/c1-8(16(23)19-11-3-4-13(18)12(17)6-11)21-14(22)5-10-7-24-9(2)15(10)20-21/h3-6,8-9H,7H2,1-2H3,(H,19,23)/t8-,9-/m0/s1. The molecule has 0 radical (unpaired) electrons. The van der Waals surface area contributed by atoms with E-state index < -0.39 is 17.8 Å². The van der Waals surface area contributed by atoms with Crippen LogP contribution in [0.1, 0.15) is 37.3 Å². The zero-order chi connectivity index (χ0) is 17.4. The minimum Gasteiger partial charge on any atom is -0.367 e. The molecule has 0 saturated heterocycles. The molecule has 1 aromatic carbocycles. The van der Waals surface area contributed by atoms with Gasteiger partial charge in [-0.05, 0) is 32.0 Å². The maximum Gasteiger partial charge on any atom is 0.267 e. The molecule has 0 spiro atoms.